The Morgan fingerprint density at radius 1 is 0.542 bits per heavy atom. The van der Waals surface area contributed by atoms with Gasteiger partial charge >= 0.3 is 46.7 Å². The second-order valence-electron chi connectivity index (χ2n) is 3.81. The van der Waals surface area contributed by atoms with Crippen molar-refractivity contribution in [2.24, 2.45) is 0 Å². The maximum absolute atomic E-state index is 10.7. The third-order valence-electron chi connectivity index (χ3n) is 1.96. The van der Waals surface area contributed by atoms with Gasteiger partial charge in [-0.1, -0.05) is 0 Å². The zero-order valence-corrected chi connectivity index (χ0v) is 17.4. The molecule has 3 aliphatic carbocycles. The van der Waals surface area contributed by atoms with Gasteiger partial charge in [0, 0.05) is 0 Å². The summed E-state index contributed by atoms with van der Waals surface area (Å²) >= 11 is 0. The molecule has 0 aliphatic heterocycles. The van der Waals surface area contributed by atoms with Crippen LogP contribution in [0, 0.1) is 127 Å². The zero-order chi connectivity index (χ0) is 17.6. The SMILES string of the molecule is O=S(=O)(O)C(F)(F)F.[CH]1[CH][CH][CH][CH]1.[CH]1[CH][CH][CH][CH]1.[CH]1[CH][CH][CH][CH]1.[U+3]. The van der Waals surface area contributed by atoms with Crippen LogP contribution in [0.4, 0.5) is 13.2 Å². The minimum absolute atomic E-state index is 0. The van der Waals surface area contributed by atoms with Crippen LogP contribution in [0.15, 0.2) is 0 Å². The van der Waals surface area contributed by atoms with E-state index in [9.17, 15) is 13.2 Å². The van der Waals surface area contributed by atoms with Gasteiger partial charge in [0.05, 0.1) is 0 Å². The molecule has 0 spiro atoms. The van der Waals surface area contributed by atoms with E-state index < -0.39 is 15.6 Å². The summed E-state index contributed by atoms with van der Waals surface area (Å²) in [6.07, 6.45) is 30.0. The molecule has 3 fully saturated rings. The molecule has 0 bridgehead atoms. The van der Waals surface area contributed by atoms with Crippen LogP contribution in [0.25, 0.3) is 0 Å². The fraction of sp³-hybridized carbons (Fsp3) is 0.0625. The minimum Gasteiger partial charge on any atom is -0.279 e. The monoisotopic (exact) mass is 583 g/mol. The van der Waals surface area contributed by atoms with Crippen molar-refractivity contribution >= 4 is 10.1 Å². The van der Waals surface area contributed by atoms with Gasteiger partial charge in [-0.05, 0) is 96.3 Å². The van der Waals surface area contributed by atoms with Gasteiger partial charge in [-0.15, -0.1) is 0 Å². The summed E-state index contributed by atoms with van der Waals surface area (Å²) < 4.78 is 57.5. The molecule has 0 saturated heterocycles. The van der Waals surface area contributed by atoms with Crippen molar-refractivity contribution in [2.75, 3.05) is 0 Å². The molecular weight excluding hydrogens is 567 g/mol. The fourth-order valence-electron chi connectivity index (χ4n) is 0.962. The van der Waals surface area contributed by atoms with Crippen LogP contribution in [0.1, 0.15) is 0 Å². The van der Waals surface area contributed by atoms with E-state index in [-0.39, 0.29) is 31.1 Å². The first-order valence-corrected chi connectivity index (χ1v) is 7.73. The predicted octanol–water partition coefficient (Wildman–Crippen LogP) is 3.46. The summed E-state index contributed by atoms with van der Waals surface area (Å²) in [5, 5.41) is 0. The Labute approximate surface area is 168 Å². The molecule has 1 N–H and O–H groups in total. The maximum atomic E-state index is 10.7. The van der Waals surface area contributed by atoms with Crippen molar-refractivity contribution in [2.45, 2.75) is 5.51 Å². The minimum atomic E-state index is -5.84. The summed E-state index contributed by atoms with van der Waals surface area (Å²) in [5.74, 6) is 0. The van der Waals surface area contributed by atoms with Gasteiger partial charge in [0.2, 0.25) is 0 Å². The van der Waals surface area contributed by atoms with Crippen LogP contribution in [-0.4, -0.2) is 18.5 Å². The van der Waals surface area contributed by atoms with Gasteiger partial charge in [0.25, 0.3) is 0 Å². The Bertz CT molecular complexity index is 315. The fourth-order valence-corrected chi connectivity index (χ4v) is 0.962. The first-order valence-electron chi connectivity index (χ1n) is 6.29. The Morgan fingerprint density at radius 3 is 0.667 bits per heavy atom. The molecular formula is C16H16F3O3SU+3. The second-order valence-corrected chi connectivity index (χ2v) is 5.22. The van der Waals surface area contributed by atoms with Crippen LogP contribution < -0.4 is 0 Å². The molecule has 0 aromatic carbocycles. The van der Waals surface area contributed by atoms with E-state index in [1.807, 2.05) is 96.3 Å². The van der Waals surface area contributed by atoms with Gasteiger partial charge < -0.3 is 0 Å². The molecule has 8 heteroatoms. The third-order valence-corrected chi connectivity index (χ3v) is 2.54. The summed E-state index contributed by atoms with van der Waals surface area (Å²) in [6.45, 7) is 0. The molecule has 24 heavy (non-hydrogen) atoms. The largest absolute Gasteiger partial charge is 3.00 e. The standard InChI is InChI=1S/3C5H5.CHF3O3S.U/c3*1-2-4-5-3-1;2-1(3,4)8(5,6)7;/h3*1-5H;(H,5,6,7);/q;;;;+3. The molecule has 3 saturated carbocycles. The summed E-state index contributed by atoms with van der Waals surface area (Å²) in [7, 11) is -5.84. The molecule has 0 unspecified atom stereocenters. The van der Waals surface area contributed by atoms with Gasteiger partial charge in [0.1, 0.15) is 0 Å². The Balaban J connectivity index is 0. The number of halogens is 3. The Kier molecular flexibility index (Phi) is 17.9. The van der Waals surface area contributed by atoms with Crippen LogP contribution in [0.5, 0.6) is 0 Å². The van der Waals surface area contributed by atoms with Crippen LogP contribution in [0.2, 0.25) is 0 Å². The van der Waals surface area contributed by atoms with E-state index in [0.29, 0.717) is 0 Å². The molecule has 0 aromatic heterocycles. The molecule has 0 heterocycles. The molecule has 126 valence electrons. The predicted molar refractivity (Wildman–Crippen MR) is 82.1 cm³/mol. The molecule has 16 radical (unpaired) electrons. The van der Waals surface area contributed by atoms with Crippen molar-refractivity contribution in [1.29, 1.82) is 0 Å². The van der Waals surface area contributed by atoms with E-state index in [1.165, 1.54) is 0 Å². The average molecular weight is 583 g/mol. The number of alkyl halides is 3. The molecule has 3 aliphatic rings. The molecule has 3 rings (SSSR count). The van der Waals surface area contributed by atoms with Crippen LogP contribution in [0.3, 0.4) is 0 Å². The smallest absolute Gasteiger partial charge is 0.279 e. The Hall–Kier alpha value is 0.752. The normalized spacial score (nSPS) is 19.7. The number of rotatable bonds is 0. The third kappa shape index (κ3) is 17.6. The zero-order valence-electron chi connectivity index (χ0n) is 12.5. The van der Waals surface area contributed by atoms with Gasteiger partial charge in [-0.3, -0.25) is 4.55 Å². The molecule has 0 atom stereocenters. The van der Waals surface area contributed by atoms with E-state index in [2.05, 4.69) is 0 Å². The van der Waals surface area contributed by atoms with E-state index >= 15 is 0 Å². The van der Waals surface area contributed by atoms with Crippen molar-refractivity contribution < 1.29 is 57.3 Å². The van der Waals surface area contributed by atoms with Crippen LogP contribution in [-0.2, 0) is 10.1 Å². The number of hydrogen-bond acceptors (Lipinski definition) is 2. The maximum Gasteiger partial charge on any atom is 3.00 e. The number of hydrogen-bond donors (Lipinski definition) is 1. The van der Waals surface area contributed by atoms with Crippen LogP contribution >= 0.6 is 0 Å². The molecule has 0 amide bonds. The Morgan fingerprint density at radius 2 is 0.625 bits per heavy atom. The van der Waals surface area contributed by atoms with Gasteiger partial charge in [-0.2, -0.15) is 21.6 Å². The van der Waals surface area contributed by atoms with Crippen molar-refractivity contribution in [1.82, 2.24) is 0 Å². The average Bonchev–Trinajstić information content (AvgIpc) is 3.24. The first kappa shape index (κ1) is 27.0. The van der Waals surface area contributed by atoms with Crippen molar-refractivity contribution in [3.63, 3.8) is 0 Å². The summed E-state index contributed by atoms with van der Waals surface area (Å²) in [5.41, 5.74) is -5.53. The quantitative estimate of drug-likeness (QED) is 0.352. The summed E-state index contributed by atoms with van der Waals surface area (Å²) in [6, 6.07) is 0. The van der Waals surface area contributed by atoms with Crippen molar-refractivity contribution in [3.8, 4) is 0 Å². The van der Waals surface area contributed by atoms with Crippen molar-refractivity contribution in [3.05, 3.63) is 96.3 Å². The topological polar surface area (TPSA) is 54.4 Å². The van der Waals surface area contributed by atoms with E-state index in [1.54, 1.807) is 0 Å². The first-order chi connectivity index (χ1) is 10.8. The second kappa shape index (κ2) is 16.0. The van der Waals surface area contributed by atoms with Gasteiger partial charge in [0.15, 0.2) is 0 Å². The molecule has 0 aromatic rings. The molecule has 3 nitrogen and oxygen atoms in total. The van der Waals surface area contributed by atoms with E-state index in [4.69, 9.17) is 13.0 Å². The van der Waals surface area contributed by atoms with Gasteiger partial charge in [-0.25, -0.2) is 0 Å². The van der Waals surface area contributed by atoms with E-state index in [0.717, 1.165) is 0 Å². The summed E-state index contributed by atoms with van der Waals surface area (Å²) in [4.78, 5) is 0.